The Morgan fingerprint density at radius 2 is 1.94 bits per heavy atom. The molecule has 0 aromatic heterocycles. The van der Waals surface area contributed by atoms with E-state index in [1.165, 1.54) is 36.4 Å². The SMILES string of the molecule is CSc1ccc(C2=CCCC3CN(C)CC23)cc1. The van der Waals surface area contributed by atoms with Crippen LogP contribution in [0.25, 0.3) is 5.57 Å². The average Bonchev–Trinajstić information content (AvgIpc) is 2.79. The average molecular weight is 259 g/mol. The van der Waals surface area contributed by atoms with Gasteiger partial charge in [-0.2, -0.15) is 0 Å². The Kier molecular flexibility index (Phi) is 3.49. The van der Waals surface area contributed by atoms with Gasteiger partial charge < -0.3 is 4.90 Å². The number of benzene rings is 1. The lowest BCUT2D eigenvalue weighted by Crippen LogP contribution is -2.17. The van der Waals surface area contributed by atoms with Crippen LogP contribution in [0.5, 0.6) is 0 Å². The highest BCUT2D eigenvalue weighted by atomic mass is 32.2. The largest absolute Gasteiger partial charge is 0.305 e. The maximum absolute atomic E-state index is 2.49. The molecule has 2 heteroatoms. The van der Waals surface area contributed by atoms with E-state index in [1.807, 2.05) is 11.8 Å². The Hall–Kier alpha value is -0.730. The Bertz CT molecular complexity index is 449. The van der Waals surface area contributed by atoms with Gasteiger partial charge >= 0.3 is 0 Å². The quantitative estimate of drug-likeness (QED) is 0.744. The topological polar surface area (TPSA) is 3.24 Å². The molecule has 1 aromatic carbocycles. The standard InChI is InChI=1S/C16H21NS/c1-17-10-13-4-3-5-15(16(13)11-17)12-6-8-14(18-2)9-7-12/h5-9,13,16H,3-4,10-11H2,1-2H3. The Balaban J connectivity index is 1.88. The number of allylic oxidation sites excluding steroid dienone is 1. The van der Waals surface area contributed by atoms with Crippen molar-refractivity contribution in [2.24, 2.45) is 11.8 Å². The van der Waals surface area contributed by atoms with Gasteiger partial charge in [-0.25, -0.2) is 0 Å². The Labute approximate surface area is 114 Å². The fourth-order valence-electron chi connectivity index (χ4n) is 3.45. The van der Waals surface area contributed by atoms with Crippen LogP contribution in [-0.2, 0) is 0 Å². The van der Waals surface area contributed by atoms with Crippen LogP contribution in [0, 0.1) is 11.8 Å². The summed E-state index contributed by atoms with van der Waals surface area (Å²) in [7, 11) is 2.26. The first kappa shape index (κ1) is 12.3. The molecule has 0 radical (unpaired) electrons. The molecule has 1 heterocycles. The van der Waals surface area contributed by atoms with Crippen molar-refractivity contribution in [1.29, 1.82) is 0 Å². The molecule has 2 unspecified atom stereocenters. The van der Waals surface area contributed by atoms with E-state index in [-0.39, 0.29) is 0 Å². The van der Waals surface area contributed by atoms with E-state index in [4.69, 9.17) is 0 Å². The van der Waals surface area contributed by atoms with E-state index >= 15 is 0 Å². The van der Waals surface area contributed by atoms with E-state index in [0.717, 1.165) is 11.8 Å². The second-order valence-corrected chi connectivity index (χ2v) is 6.43. The Morgan fingerprint density at radius 3 is 2.67 bits per heavy atom. The van der Waals surface area contributed by atoms with Crippen molar-refractivity contribution in [3.8, 4) is 0 Å². The maximum Gasteiger partial charge on any atom is 0.00695 e. The van der Waals surface area contributed by atoms with Crippen molar-refractivity contribution in [2.45, 2.75) is 17.7 Å². The van der Waals surface area contributed by atoms with Crippen LogP contribution in [0.1, 0.15) is 18.4 Å². The molecule has 0 bridgehead atoms. The molecule has 1 nitrogen and oxygen atoms in total. The summed E-state index contributed by atoms with van der Waals surface area (Å²) >= 11 is 1.82. The molecule has 0 N–H and O–H groups in total. The van der Waals surface area contributed by atoms with Crippen molar-refractivity contribution in [3.05, 3.63) is 35.9 Å². The molecule has 1 fully saturated rings. The van der Waals surface area contributed by atoms with Gasteiger partial charge in [0.25, 0.3) is 0 Å². The summed E-state index contributed by atoms with van der Waals surface area (Å²) in [4.78, 5) is 3.85. The van der Waals surface area contributed by atoms with Crippen LogP contribution in [-0.4, -0.2) is 31.3 Å². The fourth-order valence-corrected chi connectivity index (χ4v) is 3.86. The molecule has 3 rings (SSSR count). The minimum absolute atomic E-state index is 0.767. The maximum atomic E-state index is 2.49. The summed E-state index contributed by atoms with van der Waals surface area (Å²) in [5.41, 5.74) is 3.04. The van der Waals surface area contributed by atoms with Gasteiger partial charge in [0.15, 0.2) is 0 Å². The van der Waals surface area contributed by atoms with Crippen LogP contribution >= 0.6 is 11.8 Å². The van der Waals surface area contributed by atoms with Crippen molar-refractivity contribution in [1.82, 2.24) is 4.90 Å². The van der Waals surface area contributed by atoms with Crippen molar-refractivity contribution in [2.75, 3.05) is 26.4 Å². The van der Waals surface area contributed by atoms with E-state index in [0.29, 0.717) is 0 Å². The van der Waals surface area contributed by atoms with Crippen LogP contribution in [0.2, 0.25) is 0 Å². The van der Waals surface area contributed by atoms with Gasteiger partial charge in [-0.05, 0) is 55.3 Å². The highest BCUT2D eigenvalue weighted by Gasteiger charge is 2.35. The zero-order valence-corrected chi connectivity index (χ0v) is 12.0. The van der Waals surface area contributed by atoms with E-state index in [1.54, 1.807) is 5.57 Å². The number of rotatable bonds is 2. The first-order chi connectivity index (χ1) is 8.78. The van der Waals surface area contributed by atoms with Crippen LogP contribution in [0.3, 0.4) is 0 Å². The summed E-state index contributed by atoms with van der Waals surface area (Å²) in [6.07, 6.45) is 7.25. The first-order valence-electron chi connectivity index (χ1n) is 6.81. The van der Waals surface area contributed by atoms with E-state index < -0.39 is 0 Å². The highest BCUT2D eigenvalue weighted by Crippen LogP contribution is 2.41. The summed E-state index contributed by atoms with van der Waals surface area (Å²) in [5.74, 6) is 1.65. The van der Waals surface area contributed by atoms with Crippen molar-refractivity contribution in [3.63, 3.8) is 0 Å². The minimum atomic E-state index is 0.767. The fraction of sp³-hybridized carbons (Fsp3) is 0.500. The molecule has 1 aliphatic heterocycles. The van der Waals surface area contributed by atoms with Crippen LogP contribution < -0.4 is 0 Å². The highest BCUT2D eigenvalue weighted by molar-refractivity contribution is 7.98. The van der Waals surface area contributed by atoms with Crippen molar-refractivity contribution < 1.29 is 0 Å². The second kappa shape index (κ2) is 5.10. The monoisotopic (exact) mass is 259 g/mol. The third kappa shape index (κ3) is 2.24. The summed E-state index contributed by atoms with van der Waals surface area (Å²) in [6.45, 7) is 2.52. The number of thioether (sulfide) groups is 1. The molecule has 18 heavy (non-hydrogen) atoms. The predicted octanol–water partition coefficient (Wildman–Crippen LogP) is 3.76. The zero-order chi connectivity index (χ0) is 12.5. The normalized spacial score (nSPS) is 28.0. The number of hydrogen-bond acceptors (Lipinski definition) is 2. The molecule has 1 aromatic rings. The smallest absolute Gasteiger partial charge is 0.00695 e. The van der Waals surface area contributed by atoms with Gasteiger partial charge in [0.1, 0.15) is 0 Å². The molecule has 96 valence electrons. The van der Waals surface area contributed by atoms with Gasteiger partial charge in [0.05, 0.1) is 0 Å². The second-order valence-electron chi connectivity index (χ2n) is 5.55. The van der Waals surface area contributed by atoms with Gasteiger partial charge in [-0.1, -0.05) is 18.2 Å². The molecule has 0 saturated carbocycles. The first-order valence-corrected chi connectivity index (χ1v) is 8.03. The minimum Gasteiger partial charge on any atom is -0.305 e. The molecule has 2 aliphatic rings. The van der Waals surface area contributed by atoms with Gasteiger partial charge in [0.2, 0.25) is 0 Å². The number of nitrogens with zero attached hydrogens (tertiary/aromatic N) is 1. The number of fused-ring (bicyclic) bond motifs is 1. The van der Waals surface area contributed by atoms with Crippen LogP contribution in [0.4, 0.5) is 0 Å². The molecular weight excluding hydrogens is 238 g/mol. The zero-order valence-electron chi connectivity index (χ0n) is 11.2. The number of likely N-dealkylation sites (tertiary alicyclic amines) is 1. The molecule has 2 atom stereocenters. The van der Waals surface area contributed by atoms with Gasteiger partial charge in [0, 0.05) is 23.9 Å². The summed E-state index contributed by atoms with van der Waals surface area (Å²) < 4.78 is 0. The number of hydrogen-bond donors (Lipinski definition) is 0. The van der Waals surface area contributed by atoms with Gasteiger partial charge in [-0.3, -0.25) is 0 Å². The summed E-state index contributed by atoms with van der Waals surface area (Å²) in [5, 5.41) is 0. The lowest BCUT2D eigenvalue weighted by Gasteiger charge is -2.26. The third-order valence-corrected chi connectivity index (χ3v) is 5.09. The summed E-state index contributed by atoms with van der Waals surface area (Å²) in [6, 6.07) is 9.11. The van der Waals surface area contributed by atoms with Crippen molar-refractivity contribution >= 4 is 17.3 Å². The molecule has 0 spiro atoms. The lowest BCUT2D eigenvalue weighted by molar-refractivity contribution is 0.388. The predicted molar refractivity (Wildman–Crippen MR) is 79.9 cm³/mol. The van der Waals surface area contributed by atoms with Gasteiger partial charge in [-0.15, -0.1) is 11.8 Å². The van der Waals surface area contributed by atoms with Crippen LogP contribution in [0.15, 0.2) is 35.2 Å². The Morgan fingerprint density at radius 1 is 1.17 bits per heavy atom. The van der Waals surface area contributed by atoms with E-state index in [2.05, 4.69) is 48.5 Å². The molecule has 1 aliphatic carbocycles. The lowest BCUT2D eigenvalue weighted by atomic mass is 9.78. The molecule has 1 saturated heterocycles. The molecule has 0 amide bonds. The third-order valence-electron chi connectivity index (χ3n) is 4.35. The molecular formula is C16H21NS. The van der Waals surface area contributed by atoms with E-state index in [9.17, 15) is 0 Å².